The summed E-state index contributed by atoms with van der Waals surface area (Å²) in [5.74, 6) is 0.345. The van der Waals surface area contributed by atoms with Crippen molar-refractivity contribution in [2.24, 2.45) is 13.0 Å². The number of aliphatic hydroxyl groups is 1. The number of hydrogen-bond donors (Lipinski definition) is 1. The molecular weight excluding hydrogens is 176 g/mol. The van der Waals surface area contributed by atoms with E-state index in [4.69, 9.17) is 0 Å². The molecule has 1 aromatic heterocycles. The van der Waals surface area contributed by atoms with E-state index in [9.17, 15) is 5.11 Å². The molecule has 0 fully saturated rings. The Morgan fingerprint density at radius 2 is 2.00 bits per heavy atom. The number of hydrogen-bond acceptors (Lipinski definition) is 2. The fraction of sp³-hybridized carbons (Fsp3) is 0.727. The van der Waals surface area contributed by atoms with E-state index in [0.717, 1.165) is 24.1 Å². The quantitative estimate of drug-likeness (QED) is 0.801. The zero-order valence-electron chi connectivity index (χ0n) is 9.49. The Balaban J connectivity index is 2.87. The lowest BCUT2D eigenvalue weighted by atomic mass is 9.92. The third-order valence-electron chi connectivity index (χ3n) is 3.09. The van der Waals surface area contributed by atoms with Crippen molar-refractivity contribution in [3.05, 3.63) is 17.5 Å². The number of aromatic nitrogens is 2. The van der Waals surface area contributed by atoms with Gasteiger partial charge in [-0.3, -0.25) is 4.68 Å². The molecule has 0 radical (unpaired) electrons. The van der Waals surface area contributed by atoms with Gasteiger partial charge in [0, 0.05) is 18.3 Å². The van der Waals surface area contributed by atoms with Crippen LogP contribution in [0.3, 0.4) is 0 Å². The van der Waals surface area contributed by atoms with E-state index in [-0.39, 0.29) is 6.10 Å². The molecule has 1 aromatic rings. The maximum Gasteiger partial charge on any atom is 0.0851 e. The van der Waals surface area contributed by atoms with Crippen molar-refractivity contribution >= 4 is 0 Å². The second-order valence-electron chi connectivity index (χ2n) is 3.83. The highest BCUT2D eigenvalue weighted by molar-refractivity contribution is 5.19. The van der Waals surface area contributed by atoms with Gasteiger partial charge < -0.3 is 5.11 Å². The van der Waals surface area contributed by atoms with Gasteiger partial charge in [0.25, 0.3) is 0 Å². The van der Waals surface area contributed by atoms with Gasteiger partial charge >= 0.3 is 0 Å². The van der Waals surface area contributed by atoms with Crippen LogP contribution >= 0.6 is 0 Å². The van der Waals surface area contributed by atoms with Crippen LogP contribution in [0.15, 0.2) is 6.20 Å². The summed E-state index contributed by atoms with van der Waals surface area (Å²) in [6, 6.07) is 0. The van der Waals surface area contributed by atoms with Gasteiger partial charge in [-0.05, 0) is 12.8 Å². The van der Waals surface area contributed by atoms with Crippen LogP contribution in [0.5, 0.6) is 0 Å². The summed E-state index contributed by atoms with van der Waals surface area (Å²) in [4.78, 5) is 0. The second kappa shape index (κ2) is 4.60. The van der Waals surface area contributed by atoms with Gasteiger partial charge in [-0.2, -0.15) is 5.10 Å². The van der Waals surface area contributed by atoms with E-state index in [1.807, 2.05) is 14.0 Å². The van der Waals surface area contributed by atoms with E-state index in [1.165, 1.54) is 0 Å². The summed E-state index contributed by atoms with van der Waals surface area (Å²) < 4.78 is 1.81. The molecule has 1 atom stereocenters. The number of nitrogens with zero attached hydrogens (tertiary/aromatic N) is 2. The molecule has 0 bridgehead atoms. The van der Waals surface area contributed by atoms with Crippen LogP contribution < -0.4 is 0 Å². The average Bonchev–Trinajstić information content (AvgIpc) is 2.49. The van der Waals surface area contributed by atoms with Crippen LogP contribution in [0.1, 0.15) is 44.1 Å². The van der Waals surface area contributed by atoms with Gasteiger partial charge in [-0.25, -0.2) is 0 Å². The normalized spacial score (nSPS) is 13.6. The minimum absolute atomic E-state index is 0.345. The van der Waals surface area contributed by atoms with E-state index < -0.39 is 0 Å². The van der Waals surface area contributed by atoms with Crippen LogP contribution in [-0.4, -0.2) is 14.9 Å². The summed E-state index contributed by atoms with van der Waals surface area (Å²) in [6.07, 6.45) is 3.43. The Morgan fingerprint density at radius 3 is 2.36 bits per heavy atom. The van der Waals surface area contributed by atoms with Crippen molar-refractivity contribution in [2.45, 2.75) is 39.7 Å². The molecule has 1 heterocycles. The predicted octanol–water partition coefficient (Wildman–Crippen LogP) is 2.20. The standard InChI is InChI=1S/C11H20N2O/c1-5-9(6-2)11(14)10-7-12-13(4)8(10)3/h7,9,11,14H,5-6H2,1-4H3. The largest absolute Gasteiger partial charge is 0.388 e. The topological polar surface area (TPSA) is 38.1 Å². The van der Waals surface area contributed by atoms with Crippen LogP contribution in [0.4, 0.5) is 0 Å². The molecule has 0 saturated carbocycles. The molecule has 0 aromatic carbocycles. The summed E-state index contributed by atoms with van der Waals surface area (Å²) >= 11 is 0. The van der Waals surface area contributed by atoms with Crippen molar-refractivity contribution in [3.8, 4) is 0 Å². The van der Waals surface area contributed by atoms with E-state index in [0.29, 0.717) is 5.92 Å². The number of aryl methyl sites for hydroxylation is 1. The Bertz CT molecular complexity index is 289. The highest BCUT2D eigenvalue weighted by Gasteiger charge is 2.20. The Morgan fingerprint density at radius 1 is 1.43 bits per heavy atom. The van der Waals surface area contributed by atoms with Gasteiger partial charge in [0.1, 0.15) is 0 Å². The maximum atomic E-state index is 10.1. The Labute approximate surface area is 85.8 Å². The monoisotopic (exact) mass is 196 g/mol. The fourth-order valence-corrected chi connectivity index (χ4v) is 1.80. The minimum Gasteiger partial charge on any atom is -0.388 e. The molecule has 14 heavy (non-hydrogen) atoms. The van der Waals surface area contributed by atoms with Gasteiger partial charge in [0.2, 0.25) is 0 Å². The molecule has 0 aliphatic carbocycles. The van der Waals surface area contributed by atoms with Gasteiger partial charge in [0.15, 0.2) is 0 Å². The lowest BCUT2D eigenvalue weighted by Crippen LogP contribution is -2.11. The minimum atomic E-state index is -0.362. The Hall–Kier alpha value is -0.830. The lowest BCUT2D eigenvalue weighted by molar-refractivity contribution is 0.103. The highest BCUT2D eigenvalue weighted by Crippen LogP contribution is 2.28. The SMILES string of the molecule is CCC(CC)C(O)c1cnn(C)c1C. The predicted molar refractivity (Wildman–Crippen MR) is 57.0 cm³/mol. The van der Waals surface area contributed by atoms with Crippen molar-refractivity contribution < 1.29 is 5.11 Å². The van der Waals surface area contributed by atoms with Crippen LogP contribution in [0.25, 0.3) is 0 Å². The molecule has 0 amide bonds. The van der Waals surface area contributed by atoms with Crippen LogP contribution in [0.2, 0.25) is 0 Å². The highest BCUT2D eigenvalue weighted by atomic mass is 16.3. The second-order valence-corrected chi connectivity index (χ2v) is 3.83. The third-order valence-corrected chi connectivity index (χ3v) is 3.09. The van der Waals surface area contributed by atoms with Crippen molar-refractivity contribution in [2.75, 3.05) is 0 Å². The lowest BCUT2D eigenvalue weighted by Gasteiger charge is -2.19. The van der Waals surface area contributed by atoms with Crippen LogP contribution in [-0.2, 0) is 7.05 Å². The van der Waals surface area contributed by atoms with Gasteiger partial charge in [-0.1, -0.05) is 26.7 Å². The smallest absolute Gasteiger partial charge is 0.0851 e. The van der Waals surface area contributed by atoms with Crippen molar-refractivity contribution in [1.82, 2.24) is 9.78 Å². The van der Waals surface area contributed by atoms with Crippen LogP contribution in [0, 0.1) is 12.8 Å². The Kier molecular flexibility index (Phi) is 3.69. The summed E-state index contributed by atoms with van der Waals surface area (Å²) in [5, 5.41) is 14.3. The molecule has 0 saturated heterocycles. The first-order chi connectivity index (χ1) is 6.61. The molecule has 3 heteroatoms. The summed E-state index contributed by atoms with van der Waals surface area (Å²) in [7, 11) is 1.90. The van der Waals surface area contributed by atoms with E-state index in [2.05, 4.69) is 18.9 Å². The van der Waals surface area contributed by atoms with Gasteiger partial charge in [-0.15, -0.1) is 0 Å². The first kappa shape index (κ1) is 11.2. The zero-order chi connectivity index (χ0) is 10.7. The third kappa shape index (κ3) is 1.98. The maximum absolute atomic E-state index is 10.1. The first-order valence-corrected chi connectivity index (χ1v) is 5.28. The van der Waals surface area contributed by atoms with E-state index >= 15 is 0 Å². The molecule has 0 spiro atoms. The molecule has 1 N–H and O–H groups in total. The molecule has 0 aliphatic heterocycles. The molecule has 0 aliphatic rings. The van der Waals surface area contributed by atoms with E-state index in [1.54, 1.807) is 10.9 Å². The fourth-order valence-electron chi connectivity index (χ4n) is 1.80. The zero-order valence-corrected chi connectivity index (χ0v) is 9.49. The molecular formula is C11H20N2O. The van der Waals surface area contributed by atoms with Gasteiger partial charge in [0.05, 0.1) is 12.3 Å². The van der Waals surface area contributed by atoms with Crippen molar-refractivity contribution in [3.63, 3.8) is 0 Å². The average molecular weight is 196 g/mol. The first-order valence-electron chi connectivity index (χ1n) is 5.28. The molecule has 1 unspecified atom stereocenters. The molecule has 80 valence electrons. The molecule has 1 rings (SSSR count). The number of aliphatic hydroxyl groups excluding tert-OH is 1. The summed E-state index contributed by atoms with van der Waals surface area (Å²) in [6.45, 7) is 6.22. The van der Waals surface area contributed by atoms with Crippen molar-refractivity contribution in [1.29, 1.82) is 0 Å². The summed E-state index contributed by atoms with van der Waals surface area (Å²) in [5.41, 5.74) is 2.03. The molecule has 3 nitrogen and oxygen atoms in total. The number of rotatable bonds is 4.